The van der Waals surface area contributed by atoms with Crippen LogP contribution in [0.3, 0.4) is 0 Å². The molecule has 0 aromatic heterocycles. The van der Waals surface area contributed by atoms with Crippen molar-refractivity contribution in [1.82, 2.24) is 5.32 Å². The molecule has 2 rings (SSSR count). The summed E-state index contributed by atoms with van der Waals surface area (Å²) in [6.07, 6.45) is 6.51. The van der Waals surface area contributed by atoms with Crippen LogP contribution in [0, 0.1) is 0 Å². The fraction of sp³-hybridized carbons (Fsp3) is 0.474. The van der Waals surface area contributed by atoms with Gasteiger partial charge in [-0.25, -0.2) is 4.79 Å². The minimum Gasteiger partial charge on any atom is -0.444 e. The average molecular weight is 315 g/mol. The second kappa shape index (κ2) is 7.44. The Morgan fingerprint density at radius 2 is 2.04 bits per heavy atom. The standard InChI is InChI=1S/C19H25NO3/c1-19(2,3)23-18(22)20-11-5-4-6-14-7-8-16-13-17(21)10-9-15(16)12-14/h4,6-8,12H,5,9-11,13H2,1-3H3,(H,20,22). The number of aryl methyl sites for hydroxylation is 1. The Hall–Kier alpha value is -2.10. The predicted octanol–water partition coefficient (Wildman–Crippen LogP) is 3.67. The van der Waals surface area contributed by atoms with Gasteiger partial charge < -0.3 is 10.1 Å². The SMILES string of the molecule is CC(C)(C)OC(=O)NCCC=Cc1ccc2c(c1)CCC(=O)C2. The van der Waals surface area contributed by atoms with Crippen molar-refractivity contribution in [2.45, 2.75) is 52.1 Å². The lowest BCUT2D eigenvalue weighted by atomic mass is 9.89. The van der Waals surface area contributed by atoms with Gasteiger partial charge in [-0.15, -0.1) is 0 Å². The third kappa shape index (κ3) is 5.89. The van der Waals surface area contributed by atoms with Gasteiger partial charge in [-0.2, -0.15) is 0 Å². The molecule has 1 aliphatic rings. The van der Waals surface area contributed by atoms with Crippen molar-refractivity contribution in [3.8, 4) is 0 Å². The van der Waals surface area contributed by atoms with E-state index in [0.29, 0.717) is 25.2 Å². The van der Waals surface area contributed by atoms with Crippen molar-refractivity contribution in [3.63, 3.8) is 0 Å². The zero-order chi connectivity index (χ0) is 16.9. The van der Waals surface area contributed by atoms with Crippen LogP contribution >= 0.6 is 0 Å². The molecule has 0 heterocycles. The van der Waals surface area contributed by atoms with Crippen molar-refractivity contribution < 1.29 is 14.3 Å². The number of alkyl carbamates (subject to hydrolysis) is 1. The van der Waals surface area contributed by atoms with E-state index in [1.165, 1.54) is 5.56 Å². The van der Waals surface area contributed by atoms with Gasteiger partial charge in [0.1, 0.15) is 11.4 Å². The number of hydrogen-bond donors (Lipinski definition) is 1. The average Bonchev–Trinajstić information content (AvgIpc) is 2.45. The Labute approximate surface area is 137 Å². The second-order valence-corrected chi connectivity index (χ2v) is 6.86. The Morgan fingerprint density at radius 1 is 1.26 bits per heavy atom. The summed E-state index contributed by atoms with van der Waals surface area (Å²) >= 11 is 0. The van der Waals surface area contributed by atoms with Crippen molar-refractivity contribution >= 4 is 18.0 Å². The van der Waals surface area contributed by atoms with E-state index in [9.17, 15) is 9.59 Å². The highest BCUT2D eigenvalue weighted by Crippen LogP contribution is 2.21. The highest BCUT2D eigenvalue weighted by Gasteiger charge is 2.16. The normalized spacial score (nSPS) is 14.7. The first-order valence-corrected chi connectivity index (χ1v) is 8.10. The van der Waals surface area contributed by atoms with Crippen molar-refractivity contribution in [1.29, 1.82) is 0 Å². The van der Waals surface area contributed by atoms with Crippen molar-refractivity contribution in [2.24, 2.45) is 0 Å². The van der Waals surface area contributed by atoms with Crippen LogP contribution in [0.25, 0.3) is 6.08 Å². The largest absolute Gasteiger partial charge is 0.444 e. The van der Waals surface area contributed by atoms with Crippen molar-refractivity contribution in [3.05, 3.63) is 41.0 Å². The van der Waals surface area contributed by atoms with Crippen LogP contribution in [-0.2, 0) is 22.4 Å². The molecule has 1 aromatic rings. The first kappa shape index (κ1) is 17.3. The zero-order valence-electron chi connectivity index (χ0n) is 14.1. The van der Waals surface area contributed by atoms with Crippen LogP contribution in [0.5, 0.6) is 0 Å². The molecule has 0 aliphatic heterocycles. The molecule has 1 aromatic carbocycles. The fourth-order valence-corrected chi connectivity index (χ4v) is 2.52. The van der Waals surface area contributed by atoms with Gasteiger partial charge in [-0.3, -0.25) is 4.79 Å². The van der Waals surface area contributed by atoms with E-state index in [4.69, 9.17) is 4.74 Å². The Balaban J connectivity index is 1.78. The van der Waals surface area contributed by atoms with Gasteiger partial charge in [0, 0.05) is 19.4 Å². The van der Waals surface area contributed by atoms with Crippen molar-refractivity contribution in [2.75, 3.05) is 6.54 Å². The molecule has 124 valence electrons. The minimum absolute atomic E-state index is 0.328. The molecule has 0 bridgehead atoms. The number of Topliss-reactive ketones (excluding diaryl/α,β-unsaturated/α-hetero) is 1. The molecular formula is C19H25NO3. The molecule has 0 unspecified atom stereocenters. The van der Waals surface area contributed by atoms with E-state index < -0.39 is 5.60 Å². The summed E-state index contributed by atoms with van der Waals surface area (Å²) < 4.78 is 5.17. The molecule has 4 nitrogen and oxygen atoms in total. The van der Waals surface area contributed by atoms with E-state index in [0.717, 1.165) is 24.0 Å². The lowest BCUT2D eigenvalue weighted by Gasteiger charge is -2.19. The van der Waals surface area contributed by atoms with Gasteiger partial charge in [0.2, 0.25) is 0 Å². The number of nitrogens with one attached hydrogen (secondary N) is 1. The third-order valence-corrected chi connectivity index (χ3v) is 3.58. The van der Waals surface area contributed by atoms with Crippen LogP contribution in [0.2, 0.25) is 0 Å². The molecular weight excluding hydrogens is 290 g/mol. The van der Waals surface area contributed by atoms with Gasteiger partial charge in [-0.05, 0) is 50.3 Å². The maximum Gasteiger partial charge on any atom is 0.407 e. The number of hydrogen-bond acceptors (Lipinski definition) is 3. The summed E-state index contributed by atoms with van der Waals surface area (Å²) in [7, 11) is 0. The van der Waals surface area contributed by atoms with Gasteiger partial charge >= 0.3 is 6.09 Å². The molecule has 1 amide bonds. The number of carbonyl (C=O) groups excluding carboxylic acids is 2. The lowest BCUT2D eigenvalue weighted by Crippen LogP contribution is -2.32. The summed E-state index contributed by atoms with van der Waals surface area (Å²) in [6.45, 7) is 6.08. The summed E-state index contributed by atoms with van der Waals surface area (Å²) in [5, 5.41) is 2.73. The first-order valence-electron chi connectivity index (χ1n) is 8.10. The summed E-state index contributed by atoms with van der Waals surface area (Å²) in [5.41, 5.74) is 3.10. The maximum atomic E-state index is 11.5. The number of ether oxygens (including phenoxy) is 1. The van der Waals surface area contributed by atoms with E-state index in [1.807, 2.05) is 45.1 Å². The number of fused-ring (bicyclic) bond motifs is 1. The highest BCUT2D eigenvalue weighted by atomic mass is 16.6. The summed E-state index contributed by atoms with van der Waals surface area (Å²) in [6, 6.07) is 6.24. The first-order chi connectivity index (χ1) is 10.8. The van der Waals surface area contributed by atoms with Gasteiger partial charge in [0.25, 0.3) is 0 Å². The van der Waals surface area contributed by atoms with Gasteiger partial charge in [0.15, 0.2) is 0 Å². The fourth-order valence-electron chi connectivity index (χ4n) is 2.52. The monoisotopic (exact) mass is 315 g/mol. The van der Waals surface area contributed by atoms with Crippen LogP contribution in [0.1, 0.15) is 50.3 Å². The Morgan fingerprint density at radius 3 is 2.78 bits per heavy atom. The molecule has 1 aliphatic carbocycles. The second-order valence-electron chi connectivity index (χ2n) is 6.86. The Kier molecular flexibility index (Phi) is 5.59. The van der Waals surface area contributed by atoms with Crippen LogP contribution in [0.4, 0.5) is 4.79 Å². The van der Waals surface area contributed by atoms with E-state index in [2.05, 4.69) is 11.4 Å². The molecule has 4 heteroatoms. The number of benzene rings is 1. The molecule has 0 radical (unpaired) electrons. The summed E-state index contributed by atoms with van der Waals surface area (Å²) in [5.74, 6) is 0.328. The number of amides is 1. The minimum atomic E-state index is -0.468. The smallest absolute Gasteiger partial charge is 0.407 e. The maximum absolute atomic E-state index is 11.5. The van der Waals surface area contributed by atoms with E-state index in [1.54, 1.807) is 0 Å². The van der Waals surface area contributed by atoms with Gasteiger partial charge in [0.05, 0.1) is 0 Å². The number of carbonyl (C=O) groups is 2. The summed E-state index contributed by atoms with van der Waals surface area (Å²) in [4.78, 5) is 22.9. The molecule has 1 N–H and O–H groups in total. The number of rotatable bonds is 4. The number of ketones is 1. The highest BCUT2D eigenvalue weighted by molar-refractivity contribution is 5.83. The lowest BCUT2D eigenvalue weighted by molar-refractivity contribution is -0.118. The quantitative estimate of drug-likeness (QED) is 0.863. The predicted molar refractivity (Wildman–Crippen MR) is 91.4 cm³/mol. The molecule has 0 spiro atoms. The van der Waals surface area contributed by atoms with E-state index in [-0.39, 0.29) is 6.09 Å². The third-order valence-electron chi connectivity index (χ3n) is 3.58. The molecule has 0 fully saturated rings. The van der Waals surface area contributed by atoms with Crippen LogP contribution < -0.4 is 5.32 Å². The van der Waals surface area contributed by atoms with Crippen LogP contribution in [0.15, 0.2) is 24.3 Å². The van der Waals surface area contributed by atoms with Gasteiger partial charge in [-0.1, -0.05) is 30.4 Å². The molecule has 0 atom stereocenters. The molecule has 0 saturated carbocycles. The topological polar surface area (TPSA) is 55.4 Å². The zero-order valence-corrected chi connectivity index (χ0v) is 14.1. The van der Waals surface area contributed by atoms with Crippen LogP contribution in [-0.4, -0.2) is 24.0 Å². The molecule has 23 heavy (non-hydrogen) atoms. The van der Waals surface area contributed by atoms with E-state index >= 15 is 0 Å². The molecule has 0 saturated heterocycles. The Bertz CT molecular complexity index is 612.